The summed E-state index contributed by atoms with van der Waals surface area (Å²) in [5, 5.41) is 0. The highest BCUT2D eigenvalue weighted by Gasteiger charge is 2.10. The van der Waals surface area contributed by atoms with Crippen LogP contribution in [0, 0.1) is 11.6 Å². The SMILES string of the molecule is C=COP(O)Oc1ccc(-c2ccc(F)cc2F)cc1. The maximum Gasteiger partial charge on any atom is 0.459 e. The van der Waals surface area contributed by atoms with Gasteiger partial charge in [0, 0.05) is 11.6 Å². The van der Waals surface area contributed by atoms with E-state index in [9.17, 15) is 13.7 Å². The van der Waals surface area contributed by atoms with E-state index in [2.05, 4.69) is 11.1 Å². The first-order valence-electron chi connectivity index (χ1n) is 5.60. The van der Waals surface area contributed by atoms with Crippen LogP contribution in [0.5, 0.6) is 5.75 Å². The van der Waals surface area contributed by atoms with E-state index >= 15 is 0 Å². The molecule has 1 unspecified atom stereocenters. The molecule has 0 bridgehead atoms. The van der Waals surface area contributed by atoms with Crippen LogP contribution in [0.2, 0.25) is 0 Å². The topological polar surface area (TPSA) is 38.7 Å². The third-order valence-corrected chi connectivity index (χ3v) is 3.14. The van der Waals surface area contributed by atoms with Crippen molar-refractivity contribution in [1.82, 2.24) is 0 Å². The zero-order valence-electron chi connectivity index (χ0n) is 10.3. The molecule has 1 atom stereocenters. The Bertz CT molecular complexity index is 602. The lowest BCUT2D eigenvalue weighted by molar-refractivity contribution is 0.350. The minimum Gasteiger partial charge on any atom is -0.426 e. The van der Waals surface area contributed by atoms with Crippen molar-refractivity contribution in [3.8, 4) is 16.9 Å². The molecular weight excluding hydrogens is 285 g/mol. The van der Waals surface area contributed by atoms with E-state index in [-0.39, 0.29) is 5.56 Å². The summed E-state index contributed by atoms with van der Waals surface area (Å²) < 4.78 is 36.2. The van der Waals surface area contributed by atoms with E-state index in [0.717, 1.165) is 12.3 Å². The summed E-state index contributed by atoms with van der Waals surface area (Å²) in [5.41, 5.74) is 0.855. The molecule has 2 aromatic carbocycles. The molecule has 0 radical (unpaired) electrons. The molecule has 0 aliphatic carbocycles. The van der Waals surface area contributed by atoms with E-state index in [0.29, 0.717) is 11.3 Å². The second-order valence-electron chi connectivity index (χ2n) is 3.75. The number of hydrogen-bond acceptors (Lipinski definition) is 3. The molecule has 0 heterocycles. The Balaban J connectivity index is 2.17. The molecule has 20 heavy (non-hydrogen) atoms. The molecular formula is C14H11F2O3P. The van der Waals surface area contributed by atoms with Gasteiger partial charge in [0.1, 0.15) is 17.4 Å². The van der Waals surface area contributed by atoms with Gasteiger partial charge in [-0.2, -0.15) is 0 Å². The summed E-state index contributed by atoms with van der Waals surface area (Å²) >= 11 is 0. The molecule has 2 rings (SSSR count). The monoisotopic (exact) mass is 296 g/mol. The van der Waals surface area contributed by atoms with E-state index in [1.165, 1.54) is 12.1 Å². The molecule has 2 aromatic rings. The van der Waals surface area contributed by atoms with Crippen LogP contribution in [-0.4, -0.2) is 4.89 Å². The van der Waals surface area contributed by atoms with E-state index < -0.39 is 20.2 Å². The summed E-state index contributed by atoms with van der Waals surface area (Å²) in [6, 6.07) is 9.68. The minimum atomic E-state index is -2.07. The van der Waals surface area contributed by atoms with Crippen LogP contribution in [0.15, 0.2) is 55.3 Å². The maximum absolute atomic E-state index is 13.6. The highest BCUT2D eigenvalue weighted by Crippen LogP contribution is 2.35. The maximum atomic E-state index is 13.6. The van der Waals surface area contributed by atoms with Crippen molar-refractivity contribution < 1.29 is 22.7 Å². The lowest BCUT2D eigenvalue weighted by Crippen LogP contribution is -1.89. The lowest BCUT2D eigenvalue weighted by Gasteiger charge is -2.10. The van der Waals surface area contributed by atoms with Crippen LogP contribution < -0.4 is 4.52 Å². The quantitative estimate of drug-likeness (QED) is 0.657. The number of hydrogen-bond donors (Lipinski definition) is 1. The molecule has 0 aliphatic rings. The predicted molar refractivity (Wildman–Crippen MR) is 72.8 cm³/mol. The average Bonchev–Trinajstić information content (AvgIpc) is 2.40. The van der Waals surface area contributed by atoms with Gasteiger partial charge < -0.3 is 13.9 Å². The fraction of sp³-hybridized carbons (Fsp3) is 0. The van der Waals surface area contributed by atoms with Crippen molar-refractivity contribution in [2.45, 2.75) is 0 Å². The predicted octanol–water partition coefficient (Wildman–Crippen LogP) is 4.39. The smallest absolute Gasteiger partial charge is 0.426 e. The van der Waals surface area contributed by atoms with E-state index in [4.69, 9.17) is 4.52 Å². The zero-order valence-corrected chi connectivity index (χ0v) is 11.2. The van der Waals surface area contributed by atoms with Gasteiger partial charge in [0.05, 0.1) is 6.26 Å². The van der Waals surface area contributed by atoms with E-state index in [1.807, 2.05) is 0 Å². The fourth-order valence-electron chi connectivity index (χ4n) is 1.59. The van der Waals surface area contributed by atoms with Gasteiger partial charge in [-0.1, -0.05) is 18.7 Å². The van der Waals surface area contributed by atoms with E-state index in [1.54, 1.807) is 24.3 Å². The Hall–Kier alpha value is -1.97. The third kappa shape index (κ3) is 3.53. The molecule has 0 spiro atoms. The van der Waals surface area contributed by atoms with Gasteiger partial charge in [-0.3, -0.25) is 0 Å². The van der Waals surface area contributed by atoms with Gasteiger partial charge in [0.2, 0.25) is 0 Å². The number of halogens is 2. The summed E-state index contributed by atoms with van der Waals surface area (Å²) in [7, 11) is -2.07. The molecule has 3 nitrogen and oxygen atoms in total. The van der Waals surface area contributed by atoms with Gasteiger partial charge in [0.15, 0.2) is 0 Å². The van der Waals surface area contributed by atoms with Gasteiger partial charge >= 0.3 is 8.60 Å². The van der Waals surface area contributed by atoms with Crippen molar-refractivity contribution >= 4 is 8.60 Å². The first-order chi connectivity index (χ1) is 9.60. The number of benzene rings is 2. The first kappa shape index (κ1) is 14.4. The molecule has 0 aliphatic heterocycles. The molecule has 1 N–H and O–H groups in total. The summed E-state index contributed by atoms with van der Waals surface area (Å²) in [4.78, 5) is 9.31. The van der Waals surface area contributed by atoms with Crippen LogP contribution in [0.1, 0.15) is 0 Å². The summed E-state index contributed by atoms with van der Waals surface area (Å²) in [6.07, 6.45) is 1.08. The van der Waals surface area contributed by atoms with Crippen LogP contribution in [0.3, 0.4) is 0 Å². The van der Waals surface area contributed by atoms with Crippen LogP contribution in [0.25, 0.3) is 11.1 Å². The van der Waals surface area contributed by atoms with Crippen LogP contribution >= 0.6 is 8.60 Å². The molecule has 104 valence electrons. The molecule has 0 fully saturated rings. The minimum absolute atomic E-state index is 0.284. The fourth-order valence-corrected chi connectivity index (χ4v) is 2.07. The molecule has 0 amide bonds. The van der Waals surface area contributed by atoms with Crippen molar-refractivity contribution in [3.05, 3.63) is 66.9 Å². The Morgan fingerprint density at radius 2 is 1.80 bits per heavy atom. The van der Waals surface area contributed by atoms with Gasteiger partial charge in [0.25, 0.3) is 0 Å². The first-order valence-corrected chi connectivity index (χ1v) is 6.73. The van der Waals surface area contributed by atoms with Crippen LogP contribution in [0.4, 0.5) is 8.78 Å². The van der Waals surface area contributed by atoms with Crippen molar-refractivity contribution in [2.24, 2.45) is 0 Å². The van der Waals surface area contributed by atoms with Crippen LogP contribution in [-0.2, 0) is 4.52 Å². The standard InChI is InChI=1S/C14H11F2O3P/c1-2-18-20(17)19-12-6-3-10(4-7-12)13-8-5-11(15)9-14(13)16/h2-9,17H,1H2. The Labute approximate surface area is 116 Å². The van der Waals surface area contributed by atoms with Gasteiger partial charge in [-0.25, -0.2) is 8.78 Å². The second-order valence-corrected chi connectivity index (χ2v) is 4.62. The summed E-state index contributed by atoms with van der Waals surface area (Å²) in [5.74, 6) is -0.900. The largest absolute Gasteiger partial charge is 0.459 e. The van der Waals surface area contributed by atoms with Gasteiger partial charge in [-0.05, 0) is 29.8 Å². The Morgan fingerprint density at radius 1 is 1.10 bits per heavy atom. The highest BCUT2D eigenvalue weighted by atomic mass is 31.2. The molecule has 6 heteroatoms. The summed E-state index contributed by atoms with van der Waals surface area (Å²) in [6.45, 7) is 3.29. The Morgan fingerprint density at radius 3 is 2.40 bits per heavy atom. The lowest BCUT2D eigenvalue weighted by atomic mass is 10.1. The molecule has 0 saturated carbocycles. The van der Waals surface area contributed by atoms with Gasteiger partial charge in [-0.15, -0.1) is 0 Å². The van der Waals surface area contributed by atoms with Crippen molar-refractivity contribution in [1.29, 1.82) is 0 Å². The molecule has 0 saturated heterocycles. The van der Waals surface area contributed by atoms with Crippen molar-refractivity contribution in [2.75, 3.05) is 0 Å². The normalized spacial score (nSPS) is 11.8. The highest BCUT2D eigenvalue weighted by molar-refractivity contribution is 7.41. The average molecular weight is 296 g/mol. The third-order valence-electron chi connectivity index (χ3n) is 2.44. The number of rotatable bonds is 5. The molecule has 0 aromatic heterocycles. The Kier molecular flexibility index (Phi) is 4.66. The second kappa shape index (κ2) is 6.46. The van der Waals surface area contributed by atoms with Crippen molar-refractivity contribution in [3.63, 3.8) is 0 Å². The zero-order chi connectivity index (χ0) is 14.5.